The Kier molecular flexibility index (Phi) is 2.11. The van der Waals surface area contributed by atoms with Crippen LogP contribution in [0.2, 0.25) is 0 Å². The zero-order valence-corrected chi connectivity index (χ0v) is 7.14. The summed E-state index contributed by atoms with van der Waals surface area (Å²) >= 11 is 3.25. The van der Waals surface area contributed by atoms with E-state index in [9.17, 15) is 0 Å². The van der Waals surface area contributed by atoms with Gasteiger partial charge in [-0.3, -0.25) is 0 Å². The highest BCUT2D eigenvalue weighted by atomic mass is 79.9. The fourth-order valence-corrected chi connectivity index (χ4v) is 1.24. The molecule has 1 aromatic rings. The Morgan fingerprint density at radius 3 is 2.80 bits per heavy atom. The quantitative estimate of drug-likeness (QED) is 0.678. The Bertz CT molecular complexity index is 216. The molecule has 0 bridgehead atoms. The Labute approximate surface area is 67.8 Å². The molecular weight excluding hydrogens is 194 g/mol. The van der Waals surface area contributed by atoms with Crippen LogP contribution in [0.15, 0.2) is 16.9 Å². The maximum absolute atomic E-state index is 5.60. The lowest BCUT2D eigenvalue weighted by Crippen LogP contribution is -1.97. The number of hydrogen-bond acceptors (Lipinski definition) is 3. The summed E-state index contributed by atoms with van der Waals surface area (Å²) in [5, 5.41) is 2.93. The minimum Gasteiger partial charge on any atom is -0.397 e. The van der Waals surface area contributed by atoms with Crippen LogP contribution in [0.25, 0.3) is 0 Å². The van der Waals surface area contributed by atoms with Crippen LogP contribution in [-0.2, 0) is 0 Å². The van der Waals surface area contributed by atoms with E-state index in [1.807, 2.05) is 0 Å². The van der Waals surface area contributed by atoms with Crippen molar-refractivity contribution >= 4 is 27.3 Å². The van der Waals surface area contributed by atoms with E-state index in [4.69, 9.17) is 5.73 Å². The minimum absolute atomic E-state index is 0.698. The lowest BCUT2D eigenvalue weighted by molar-refractivity contribution is 1.27. The van der Waals surface area contributed by atoms with Gasteiger partial charge in [0.2, 0.25) is 0 Å². The van der Waals surface area contributed by atoms with E-state index in [1.54, 1.807) is 19.3 Å². The zero-order chi connectivity index (χ0) is 7.56. The van der Waals surface area contributed by atoms with Crippen LogP contribution in [0.4, 0.5) is 11.4 Å². The van der Waals surface area contributed by atoms with Gasteiger partial charge in [-0.2, -0.15) is 0 Å². The van der Waals surface area contributed by atoms with Gasteiger partial charge in [-0.15, -0.1) is 0 Å². The monoisotopic (exact) mass is 201 g/mol. The summed E-state index contributed by atoms with van der Waals surface area (Å²) in [6.07, 6.45) is 1.65. The average Bonchev–Trinajstić information content (AvgIpc) is 1.88. The van der Waals surface area contributed by atoms with E-state index < -0.39 is 0 Å². The van der Waals surface area contributed by atoms with Gasteiger partial charge in [0.05, 0.1) is 11.4 Å². The number of pyridine rings is 1. The number of rotatable bonds is 1. The molecule has 0 aromatic carbocycles. The van der Waals surface area contributed by atoms with E-state index in [2.05, 4.69) is 26.2 Å². The summed E-state index contributed by atoms with van der Waals surface area (Å²) in [5.41, 5.74) is 7.13. The van der Waals surface area contributed by atoms with E-state index in [1.165, 1.54) is 0 Å². The highest BCUT2D eigenvalue weighted by Gasteiger charge is 2.00. The molecule has 0 aliphatic heterocycles. The molecule has 1 heterocycles. The van der Waals surface area contributed by atoms with Crippen LogP contribution in [0.1, 0.15) is 0 Å². The van der Waals surface area contributed by atoms with E-state index in [-0.39, 0.29) is 0 Å². The molecule has 0 spiro atoms. The molecule has 0 saturated carbocycles. The van der Waals surface area contributed by atoms with Crippen LogP contribution in [-0.4, -0.2) is 12.0 Å². The highest BCUT2D eigenvalue weighted by molar-refractivity contribution is 9.10. The lowest BCUT2D eigenvalue weighted by Gasteiger charge is -2.04. The summed E-state index contributed by atoms with van der Waals surface area (Å²) in [7, 11) is 1.80. The van der Waals surface area contributed by atoms with Crippen LogP contribution < -0.4 is 11.1 Å². The number of halogens is 1. The standard InChI is InChI=1S/C6H8BrN3/c1-9-5-4(8)2-3-10-6(5)7/h2-3,9H,1H3,(H2,8,10). The second kappa shape index (κ2) is 2.88. The molecule has 4 heteroatoms. The molecular formula is C6H8BrN3. The van der Waals surface area contributed by atoms with Crippen molar-refractivity contribution in [2.24, 2.45) is 0 Å². The van der Waals surface area contributed by atoms with Gasteiger partial charge in [-0.1, -0.05) is 0 Å². The molecule has 0 aliphatic rings. The maximum atomic E-state index is 5.60. The van der Waals surface area contributed by atoms with E-state index >= 15 is 0 Å². The van der Waals surface area contributed by atoms with E-state index in [0.717, 1.165) is 10.3 Å². The summed E-state index contributed by atoms with van der Waals surface area (Å²) in [5.74, 6) is 0. The van der Waals surface area contributed by atoms with Crippen molar-refractivity contribution in [3.8, 4) is 0 Å². The predicted octanol–water partition coefficient (Wildman–Crippen LogP) is 1.47. The van der Waals surface area contributed by atoms with Crippen LogP contribution in [0.3, 0.4) is 0 Å². The average molecular weight is 202 g/mol. The van der Waals surface area contributed by atoms with Crippen LogP contribution in [0, 0.1) is 0 Å². The van der Waals surface area contributed by atoms with E-state index in [0.29, 0.717) is 5.69 Å². The third-order valence-electron chi connectivity index (χ3n) is 1.19. The van der Waals surface area contributed by atoms with Gasteiger partial charge in [0.25, 0.3) is 0 Å². The minimum atomic E-state index is 0.698. The summed E-state index contributed by atoms with van der Waals surface area (Å²) in [6, 6.07) is 1.75. The molecule has 3 N–H and O–H groups in total. The lowest BCUT2D eigenvalue weighted by atomic mass is 10.3. The third-order valence-corrected chi connectivity index (χ3v) is 1.79. The van der Waals surface area contributed by atoms with Crippen LogP contribution in [0.5, 0.6) is 0 Å². The van der Waals surface area contributed by atoms with Gasteiger partial charge >= 0.3 is 0 Å². The number of aromatic nitrogens is 1. The molecule has 0 amide bonds. The van der Waals surface area contributed by atoms with Crippen molar-refractivity contribution in [2.45, 2.75) is 0 Å². The number of nitrogens with zero attached hydrogens (tertiary/aromatic N) is 1. The van der Waals surface area contributed by atoms with Crippen molar-refractivity contribution < 1.29 is 0 Å². The molecule has 0 aliphatic carbocycles. The topological polar surface area (TPSA) is 50.9 Å². The summed E-state index contributed by atoms with van der Waals surface area (Å²) in [4.78, 5) is 3.98. The molecule has 0 unspecified atom stereocenters. The van der Waals surface area contributed by atoms with Gasteiger partial charge in [-0.25, -0.2) is 4.98 Å². The first-order chi connectivity index (χ1) is 4.75. The van der Waals surface area contributed by atoms with Crippen molar-refractivity contribution in [1.29, 1.82) is 0 Å². The SMILES string of the molecule is CNc1c(N)ccnc1Br. The Balaban J connectivity index is 3.17. The largest absolute Gasteiger partial charge is 0.397 e. The number of nitrogens with one attached hydrogen (secondary N) is 1. The van der Waals surface area contributed by atoms with Crippen LogP contribution >= 0.6 is 15.9 Å². The third kappa shape index (κ3) is 1.21. The molecule has 0 radical (unpaired) electrons. The molecule has 0 saturated heterocycles. The van der Waals surface area contributed by atoms with Gasteiger partial charge in [0.15, 0.2) is 0 Å². The summed E-state index contributed by atoms with van der Waals surface area (Å²) in [6.45, 7) is 0. The van der Waals surface area contributed by atoms with Crippen molar-refractivity contribution in [2.75, 3.05) is 18.1 Å². The molecule has 0 fully saturated rings. The molecule has 0 atom stereocenters. The highest BCUT2D eigenvalue weighted by Crippen LogP contribution is 2.24. The number of nitrogen functional groups attached to an aromatic ring is 1. The molecule has 1 rings (SSSR count). The molecule has 10 heavy (non-hydrogen) atoms. The molecule has 54 valence electrons. The van der Waals surface area contributed by atoms with Gasteiger partial charge in [0.1, 0.15) is 4.60 Å². The smallest absolute Gasteiger partial charge is 0.131 e. The Morgan fingerprint density at radius 1 is 1.70 bits per heavy atom. The van der Waals surface area contributed by atoms with Gasteiger partial charge in [-0.05, 0) is 22.0 Å². The second-order valence-corrected chi connectivity index (χ2v) is 2.57. The van der Waals surface area contributed by atoms with Gasteiger partial charge in [0, 0.05) is 13.2 Å². The first-order valence-corrected chi connectivity index (χ1v) is 3.62. The van der Waals surface area contributed by atoms with Crippen molar-refractivity contribution in [3.05, 3.63) is 16.9 Å². The zero-order valence-electron chi connectivity index (χ0n) is 5.56. The number of anilines is 2. The van der Waals surface area contributed by atoms with Crippen molar-refractivity contribution in [1.82, 2.24) is 4.98 Å². The van der Waals surface area contributed by atoms with Gasteiger partial charge < -0.3 is 11.1 Å². The first kappa shape index (κ1) is 7.34. The fourth-order valence-electron chi connectivity index (χ4n) is 0.697. The summed E-state index contributed by atoms with van der Waals surface area (Å²) < 4.78 is 0.745. The van der Waals surface area contributed by atoms with Crippen molar-refractivity contribution in [3.63, 3.8) is 0 Å². The number of nitrogens with two attached hydrogens (primary N) is 1. The molecule has 3 nitrogen and oxygen atoms in total. The fraction of sp³-hybridized carbons (Fsp3) is 0.167. The second-order valence-electron chi connectivity index (χ2n) is 1.82. The first-order valence-electron chi connectivity index (χ1n) is 2.83. The Hall–Kier alpha value is -0.770. The Morgan fingerprint density at radius 2 is 2.40 bits per heavy atom. The molecule has 1 aromatic heterocycles. The maximum Gasteiger partial charge on any atom is 0.131 e. The number of hydrogen-bond donors (Lipinski definition) is 2. The normalized spacial score (nSPS) is 9.40. The predicted molar refractivity (Wildman–Crippen MR) is 45.9 cm³/mol.